The zero-order valence-corrected chi connectivity index (χ0v) is 26.1. The maximum atomic E-state index is 15.3. The number of morpholine rings is 1. The molecule has 1 aliphatic heterocycles. The molecule has 6 nitrogen and oxygen atoms in total. The Morgan fingerprint density at radius 1 is 0.955 bits per heavy atom. The van der Waals surface area contributed by atoms with Gasteiger partial charge in [0.25, 0.3) is 5.91 Å². The predicted octanol–water partition coefficient (Wildman–Crippen LogP) is 7.63. The number of para-hydroxylation sites is 1. The lowest BCUT2D eigenvalue weighted by atomic mass is 9.89. The van der Waals surface area contributed by atoms with E-state index in [-0.39, 0.29) is 24.8 Å². The molecule has 0 N–H and O–H groups in total. The number of carbonyl (C=O) groups excluding carboxylic acids is 1. The monoisotopic (exact) mass is 660 g/mol. The van der Waals surface area contributed by atoms with E-state index in [4.69, 9.17) is 27.9 Å². The minimum Gasteiger partial charge on any atom is -0.358 e. The summed E-state index contributed by atoms with van der Waals surface area (Å²) in [4.78, 5) is 16.1. The summed E-state index contributed by atoms with van der Waals surface area (Å²) < 4.78 is 65.6. The Morgan fingerprint density at radius 3 is 2.20 bits per heavy atom. The number of hydrogen-bond acceptors (Lipinski definition) is 4. The zero-order chi connectivity index (χ0) is 31.2. The summed E-state index contributed by atoms with van der Waals surface area (Å²) in [6.07, 6.45) is 2.47. The fourth-order valence-corrected chi connectivity index (χ4v) is 8.29. The van der Waals surface area contributed by atoms with E-state index in [1.54, 1.807) is 53.4 Å². The van der Waals surface area contributed by atoms with Crippen LogP contribution < -0.4 is 4.31 Å². The Morgan fingerprint density at radius 2 is 1.61 bits per heavy atom. The van der Waals surface area contributed by atoms with Crippen molar-refractivity contribution in [3.8, 4) is 0 Å². The van der Waals surface area contributed by atoms with Crippen molar-refractivity contribution in [3.05, 3.63) is 112 Å². The topological polar surface area (TPSA) is 66.9 Å². The number of anilines is 1. The summed E-state index contributed by atoms with van der Waals surface area (Å²) in [5.74, 6) is -2.40. The Bertz CT molecular complexity index is 1640. The molecule has 3 aromatic carbocycles. The molecule has 44 heavy (non-hydrogen) atoms. The number of amides is 1. The van der Waals surface area contributed by atoms with Crippen LogP contribution in [0.1, 0.15) is 55.4 Å². The third kappa shape index (κ3) is 6.12. The second-order valence-electron chi connectivity index (χ2n) is 11.6. The van der Waals surface area contributed by atoms with Crippen LogP contribution >= 0.6 is 23.2 Å². The highest BCUT2D eigenvalue weighted by Gasteiger charge is 2.52. The molecule has 3 aromatic rings. The standard InChI is InChI=1S/C33H32Cl2F2N2O4S/c1-2-5-29-33(40)39(30(21-12-14-23(34)15-13-21)32(43-29)22-6-3-7-24(35)18-22)28(20-10-11-20)19-38(44(41,42)25-16-17-25)31-26(36)8-4-9-27(31)37/h2-4,6-9,12-15,18,20,25,28-30,32H,1,5,10-11,16-17,19H2/t28-,29?,30?,32?/m1/s1. The molecule has 1 saturated heterocycles. The maximum Gasteiger partial charge on any atom is 0.252 e. The number of sulfonamides is 1. The van der Waals surface area contributed by atoms with Gasteiger partial charge in [-0.1, -0.05) is 59.6 Å². The van der Waals surface area contributed by atoms with Gasteiger partial charge in [0.15, 0.2) is 11.6 Å². The zero-order valence-electron chi connectivity index (χ0n) is 23.8. The number of ether oxygens (including phenoxy) is 1. The fourth-order valence-electron chi connectivity index (χ4n) is 6.09. The van der Waals surface area contributed by atoms with Gasteiger partial charge in [0.05, 0.1) is 23.9 Å². The highest BCUT2D eigenvalue weighted by Crippen LogP contribution is 2.49. The molecule has 3 fully saturated rings. The van der Waals surface area contributed by atoms with E-state index in [2.05, 4.69) is 6.58 Å². The van der Waals surface area contributed by atoms with Crippen molar-refractivity contribution in [3.63, 3.8) is 0 Å². The number of nitrogens with zero attached hydrogens (tertiary/aromatic N) is 2. The van der Waals surface area contributed by atoms with E-state index in [1.807, 2.05) is 6.07 Å². The second kappa shape index (κ2) is 12.4. The summed E-state index contributed by atoms with van der Waals surface area (Å²) in [6.45, 7) is 3.51. The van der Waals surface area contributed by atoms with Crippen LogP contribution in [0.3, 0.4) is 0 Å². The number of benzene rings is 3. The van der Waals surface area contributed by atoms with Crippen molar-refractivity contribution in [2.24, 2.45) is 5.92 Å². The molecule has 232 valence electrons. The SMILES string of the molecule is C=CCC1OC(c2cccc(Cl)c2)C(c2ccc(Cl)cc2)N([C@H](CN(c2c(F)cccc2F)S(=O)(=O)C2CC2)C2CC2)C1=O. The van der Waals surface area contributed by atoms with Gasteiger partial charge in [-0.25, -0.2) is 17.2 Å². The van der Waals surface area contributed by atoms with Crippen LogP contribution in [0.5, 0.6) is 0 Å². The first-order valence-corrected chi connectivity index (χ1v) is 16.9. The molecule has 6 rings (SSSR count). The average molecular weight is 662 g/mol. The number of rotatable bonds is 11. The molecule has 0 spiro atoms. The van der Waals surface area contributed by atoms with Gasteiger partial charge >= 0.3 is 0 Å². The Hall–Kier alpha value is -2.98. The van der Waals surface area contributed by atoms with Crippen LogP contribution in [0.2, 0.25) is 10.0 Å². The Balaban J connectivity index is 1.51. The first-order valence-electron chi connectivity index (χ1n) is 14.6. The number of halogens is 4. The number of carbonyl (C=O) groups is 1. The van der Waals surface area contributed by atoms with Crippen LogP contribution in [0.25, 0.3) is 0 Å². The molecule has 0 radical (unpaired) electrons. The van der Waals surface area contributed by atoms with Crippen LogP contribution in [0, 0.1) is 17.6 Å². The molecule has 0 aromatic heterocycles. The highest BCUT2D eigenvalue weighted by molar-refractivity contribution is 7.93. The van der Waals surface area contributed by atoms with E-state index in [1.165, 1.54) is 6.07 Å². The normalized spacial score (nSPS) is 23.0. The van der Waals surface area contributed by atoms with E-state index >= 15 is 8.78 Å². The average Bonchev–Trinajstić information content (AvgIpc) is 3.90. The summed E-state index contributed by atoms with van der Waals surface area (Å²) >= 11 is 12.6. The smallest absolute Gasteiger partial charge is 0.252 e. The third-order valence-electron chi connectivity index (χ3n) is 8.51. The van der Waals surface area contributed by atoms with Gasteiger partial charge in [-0.3, -0.25) is 9.10 Å². The molecule has 0 bridgehead atoms. The van der Waals surface area contributed by atoms with E-state index < -0.39 is 56.9 Å². The third-order valence-corrected chi connectivity index (χ3v) is 11.3. The van der Waals surface area contributed by atoms with Crippen molar-refractivity contribution >= 4 is 44.8 Å². The largest absolute Gasteiger partial charge is 0.358 e. The first kappa shape index (κ1) is 31.0. The van der Waals surface area contributed by atoms with Gasteiger partial charge in [0.2, 0.25) is 10.0 Å². The quantitative estimate of drug-likeness (QED) is 0.198. The molecular weight excluding hydrogens is 629 g/mol. The first-order chi connectivity index (χ1) is 21.1. The molecule has 2 saturated carbocycles. The lowest BCUT2D eigenvalue weighted by Crippen LogP contribution is -2.58. The summed E-state index contributed by atoms with van der Waals surface area (Å²) in [6, 6.07) is 16.1. The van der Waals surface area contributed by atoms with Crippen molar-refractivity contribution < 1.29 is 26.7 Å². The van der Waals surface area contributed by atoms with Crippen molar-refractivity contribution in [1.82, 2.24) is 4.90 Å². The van der Waals surface area contributed by atoms with Crippen LogP contribution in [0.4, 0.5) is 14.5 Å². The van der Waals surface area contributed by atoms with Gasteiger partial charge < -0.3 is 9.64 Å². The minimum absolute atomic E-state index is 0.0945. The molecule has 2 aliphatic carbocycles. The molecule has 4 atom stereocenters. The van der Waals surface area contributed by atoms with Crippen LogP contribution in [0.15, 0.2) is 79.4 Å². The van der Waals surface area contributed by atoms with Gasteiger partial charge in [0.1, 0.15) is 17.9 Å². The van der Waals surface area contributed by atoms with E-state index in [9.17, 15) is 13.2 Å². The minimum atomic E-state index is -4.13. The van der Waals surface area contributed by atoms with E-state index in [0.29, 0.717) is 28.5 Å². The lowest BCUT2D eigenvalue weighted by Gasteiger charge is -2.49. The molecule has 3 unspecified atom stereocenters. The second-order valence-corrected chi connectivity index (χ2v) is 14.6. The maximum absolute atomic E-state index is 15.3. The highest BCUT2D eigenvalue weighted by atomic mass is 35.5. The van der Waals surface area contributed by atoms with Crippen molar-refractivity contribution in [1.29, 1.82) is 0 Å². The Kier molecular flexibility index (Phi) is 8.76. The molecular formula is C33H32Cl2F2N2O4S. The molecule has 11 heteroatoms. The van der Waals surface area contributed by atoms with Crippen LogP contribution in [-0.2, 0) is 19.6 Å². The van der Waals surface area contributed by atoms with E-state index in [0.717, 1.165) is 34.8 Å². The predicted molar refractivity (Wildman–Crippen MR) is 167 cm³/mol. The summed E-state index contributed by atoms with van der Waals surface area (Å²) in [5, 5.41) is 0.254. The molecule has 1 amide bonds. The summed E-state index contributed by atoms with van der Waals surface area (Å²) in [5.41, 5.74) is 0.813. The van der Waals surface area contributed by atoms with Crippen molar-refractivity contribution in [2.45, 2.75) is 61.6 Å². The fraction of sp³-hybridized carbons (Fsp3) is 0.364. The Labute approximate surface area is 266 Å². The summed E-state index contributed by atoms with van der Waals surface area (Å²) in [7, 11) is -4.13. The van der Waals surface area contributed by atoms with Gasteiger partial charge in [-0.15, -0.1) is 6.58 Å². The van der Waals surface area contributed by atoms with Crippen LogP contribution in [-0.4, -0.2) is 43.2 Å². The number of hydrogen-bond donors (Lipinski definition) is 0. The molecule has 1 heterocycles. The van der Waals surface area contributed by atoms with Gasteiger partial charge in [0, 0.05) is 16.5 Å². The van der Waals surface area contributed by atoms with Crippen molar-refractivity contribution in [2.75, 3.05) is 10.8 Å². The van der Waals surface area contributed by atoms with Gasteiger partial charge in [-0.05, 0) is 79.1 Å². The lowest BCUT2D eigenvalue weighted by molar-refractivity contribution is -0.179. The van der Waals surface area contributed by atoms with Gasteiger partial charge in [-0.2, -0.15) is 0 Å². The molecule has 3 aliphatic rings.